The summed E-state index contributed by atoms with van der Waals surface area (Å²) in [6.07, 6.45) is 3.69. The van der Waals surface area contributed by atoms with Crippen LogP contribution in [-0.2, 0) is 4.79 Å². The predicted molar refractivity (Wildman–Crippen MR) is 59.8 cm³/mol. The second-order valence-electron chi connectivity index (χ2n) is 3.78. The number of rotatable bonds is 5. The first-order valence-corrected chi connectivity index (χ1v) is 6.43. The van der Waals surface area contributed by atoms with Crippen LogP contribution in [0.15, 0.2) is 0 Å². The lowest BCUT2D eigenvalue weighted by Gasteiger charge is -2.33. The second-order valence-corrected chi connectivity index (χ2v) is 5.00. The van der Waals surface area contributed by atoms with Gasteiger partial charge in [0.25, 0.3) is 0 Å². The van der Waals surface area contributed by atoms with E-state index in [-0.39, 0.29) is 0 Å². The minimum Gasteiger partial charge on any atom is -0.480 e. The largest absolute Gasteiger partial charge is 0.480 e. The lowest BCUT2D eigenvalue weighted by atomic mass is 9.92. The second kappa shape index (κ2) is 5.61. The summed E-state index contributed by atoms with van der Waals surface area (Å²) in [7, 11) is 0. The van der Waals surface area contributed by atoms with Crippen molar-refractivity contribution in [2.24, 2.45) is 0 Å². The summed E-state index contributed by atoms with van der Waals surface area (Å²) in [6, 6.07) is 0. The van der Waals surface area contributed by atoms with Crippen LogP contribution in [0.1, 0.15) is 32.6 Å². The van der Waals surface area contributed by atoms with Crippen LogP contribution in [0.25, 0.3) is 0 Å². The number of hydrogen-bond acceptors (Lipinski definition) is 3. The quantitative estimate of drug-likeness (QED) is 0.689. The van der Waals surface area contributed by atoms with Gasteiger partial charge < -0.3 is 10.4 Å². The van der Waals surface area contributed by atoms with Crippen molar-refractivity contribution >= 4 is 17.7 Å². The molecule has 1 rings (SSSR count). The summed E-state index contributed by atoms with van der Waals surface area (Å²) >= 11 is 1.85. The Morgan fingerprint density at radius 1 is 1.50 bits per heavy atom. The smallest absolute Gasteiger partial charge is 0.323 e. The third-order valence-electron chi connectivity index (χ3n) is 2.75. The fourth-order valence-electron chi connectivity index (χ4n) is 1.69. The van der Waals surface area contributed by atoms with Crippen molar-refractivity contribution in [2.75, 3.05) is 18.1 Å². The Hall–Kier alpha value is -0.220. The highest BCUT2D eigenvalue weighted by molar-refractivity contribution is 7.99. The summed E-state index contributed by atoms with van der Waals surface area (Å²) in [5.74, 6) is 1.26. The molecule has 0 aliphatic carbocycles. The van der Waals surface area contributed by atoms with Crippen LogP contribution in [0, 0.1) is 0 Å². The Bertz CT molecular complexity index is 191. The Labute approximate surface area is 89.6 Å². The predicted octanol–water partition coefficient (Wildman–Crippen LogP) is 1.73. The van der Waals surface area contributed by atoms with Crippen LogP contribution >= 0.6 is 11.8 Å². The van der Waals surface area contributed by atoms with E-state index in [4.69, 9.17) is 0 Å². The minimum absolute atomic E-state index is 0.625. The molecule has 0 amide bonds. The number of nitrogens with one attached hydrogen (secondary N) is 1. The van der Waals surface area contributed by atoms with E-state index in [1.807, 2.05) is 11.8 Å². The van der Waals surface area contributed by atoms with Crippen LogP contribution in [0.3, 0.4) is 0 Å². The number of unbranched alkanes of at least 4 members (excludes halogenated alkanes) is 1. The molecule has 1 saturated heterocycles. The van der Waals surface area contributed by atoms with Gasteiger partial charge in [0.15, 0.2) is 0 Å². The molecule has 1 aliphatic rings. The number of hydrogen-bond donors (Lipinski definition) is 2. The Balaban J connectivity index is 2.47. The molecular formula is C10H19NO2S. The molecule has 1 fully saturated rings. The standard InChI is InChI=1S/C10H19NO2S/c1-2-3-6-11-10(9(12)13)4-7-14-8-5-10/h11H,2-8H2,1H3,(H,12,13). The molecular weight excluding hydrogens is 198 g/mol. The summed E-state index contributed by atoms with van der Waals surface area (Å²) in [5.41, 5.74) is -0.625. The van der Waals surface area contributed by atoms with Crippen LogP contribution in [0.4, 0.5) is 0 Å². The van der Waals surface area contributed by atoms with Gasteiger partial charge in [-0.2, -0.15) is 11.8 Å². The van der Waals surface area contributed by atoms with Gasteiger partial charge in [-0.1, -0.05) is 13.3 Å². The maximum absolute atomic E-state index is 11.2. The zero-order valence-electron chi connectivity index (χ0n) is 8.71. The van der Waals surface area contributed by atoms with Gasteiger partial charge in [-0.05, 0) is 37.3 Å². The maximum Gasteiger partial charge on any atom is 0.323 e. The van der Waals surface area contributed by atoms with E-state index in [2.05, 4.69) is 12.2 Å². The Morgan fingerprint density at radius 3 is 2.64 bits per heavy atom. The van der Waals surface area contributed by atoms with Crippen molar-refractivity contribution in [2.45, 2.75) is 38.1 Å². The minimum atomic E-state index is -0.672. The van der Waals surface area contributed by atoms with Gasteiger partial charge in [-0.15, -0.1) is 0 Å². The monoisotopic (exact) mass is 217 g/mol. The number of aliphatic carboxylic acids is 1. The Morgan fingerprint density at radius 2 is 2.14 bits per heavy atom. The summed E-state index contributed by atoms with van der Waals surface area (Å²) in [5, 5.41) is 12.4. The van der Waals surface area contributed by atoms with Gasteiger partial charge in [0.05, 0.1) is 0 Å². The Kier molecular flexibility index (Phi) is 4.75. The molecule has 0 aromatic carbocycles. The van der Waals surface area contributed by atoms with Crippen LogP contribution in [-0.4, -0.2) is 34.7 Å². The van der Waals surface area contributed by atoms with Crippen molar-refractivity contribution in [3.63, 3.8) is 0 Å². The first-order chi connectivity index (χ1) is 6.71. The van der Waals surface area contributed by atoms with E-state index in [1.54, 1.807) is 0 Å². The van der Waals surface area contributed by atoms with Gasteiger partial charge >= 0.3 is 5.97 Å². The van der Waals surface area contributed by atoms with E-state index in [0.717, 1.165) is 43.7 Å². The third kappa shape index (κ3) is 2.89. The molecule has 0 spiro atoms. The fraction of sp³-hybridized carbons (Fsp3) is 0.900. The van der Waals surface area contributed by atoms with Gasteiger partial charge in [0, 0.05) is 0 Å². The maximum atomic E-state index is 11.2. The molecule has 3 nitrogen and oxygen atoms in total. The molecule has 82 valence electrons. The third-order valence-corrected chi connectivity index (χ3v) is 3.74. The average molecular weight is 217 g/mol. The van der Waals surface area contributed by atoms with Crippen LogP contribution in [0.5, 0.6) is 0 Å². The molecule has 0 atom stereocenters. The van der Waals surface area contributed by atoms with Crippen molar-refractivity contribution in [3.8, 4) is 0 Å². The van der Waals surface area contributed by atoms with Gasteiger partial charge in [0.1, 0.15) is 5.54 Å². The number of thioether (sulfide) groups is 1. The SMILES string of the molecule is CCCCNC1(C(=O)O)CCSCC1. The van der Waals surface area contributed by atoms with Gasteiger partial charge in [0.2, 0.25) is 0 Å². The topological polar surface area (TPSA) is 49.3 Å². The summed E-state index contributed by atoms with van der Waals surface area (Å²) < 4.78 is 0. The fourth-order valence-corrected chi connectivity index (χ4v) is 2.88. The number of carbonyl (C=O) groups is 1. The zero-order valence-corrected chi connectivity index (χ0v) is 9.53. The number of carboxylic acid groups (broad SMARTS) is 1. The average Bonchev–Trinajstić information content (AvgIpc) is 2.19. The molecule has 0 bridgehead atoms. The first-order valence-electron chi connectivity index (χ1n) is 5.27. The lowest BCUT2D eigenvalue weighted by Crippen LogP contribution is -2.54. The van der Waals surface area contributed by atoms with E-state index in [0.29, 0.717) is 0 Å². The van der Waals surface area contributed by atoms with Gasteiger partial charge in [-0.25, -0.2) is 0 Å². The summed E-state index contributed by atoms with van der Waals surface area (Å²) in [4.78, 5) is 11.2. The van der Waals surface area contributed by atoms with E-state index < -0.39 is 11.5 Å². The van der Waals surface area contributed by atoms with Crippen molar-refractivity contribution in [3.05, 3.63) is 0 Å². The highest BCUT2D eigenvalue weighted by Gasteiger charge is 2.38. The van der Waals surface area contributed by atoms with Crippen molar-refractivity contribution in [1.29, 1.82) is 0 Å². The molecule has 0 aromatic rings. The highest BCUT2D eigenvalue weighted by atomic mass is 32.2. The molecule has 0 unspecified atom stereocenters. The normalized spacial score (nSPS) is 20.6. The molecule has 1 aliphatic heterocycles. The molecule has 0 saturated carbocycles. The van der Waals surface area contributed by atoms with E-state index in [1.165, 1.54) is 0 Å². The van der Waals surface area contributed by atoms with E-state index >= 15 is 0 Å². The van der Waals surface area contributed by atoms with Crippen molar-refractivity contribution < 1.29 is 9.90 Å². The van der Waals surface area contributed by atoms with Crippen LogP contribution < -0.4 is 5.32 Å². The van der Waals surface area contributed by atoms with Crippen molar-refractivity contribution in [1.82, 2.24) is 5.32 Å². The molecule has 0 radical (unpaired) electrons. The molecule has 0 aromatic heterocycles. The molecule has 4 heteroatoms. The van der Waals surface area contributed by atoms with E-state index in [9.17, 15) is 9.90 Å². The molecule has 14 heavy (non-hydrogen) atoms. The first kappa shape index (κ1) is 11.9. The van der Waals surface area contributed by atoms with Crippen LogP contribution in [0.2, 0.25) is 0 Å². The van der Waals surface area contributed by atoms with Gasteiger partial charge in [-0.3, -0.25) is 4.79 Å². The highest BCUT2D eigenvalue weighted by Crippen LogP contribution is 2.27. The molecule has 1 heterocycles. The summed E-state index contributed by atoms with van der Waals surface area (Å²) in [6.45, 7) is 2.94. The number of carboxylic acids is 1. The lowest BCUT2D eigenvalue weighted by molar-refractivity contribution is -0.145. The zero-order chi connectivity index (χ0) is 10.4. The molecule has 2 N–H and O–H groups in total.